The van der Waals surface area contributed by atoms with E-state index in [0.29, 0.717) is 45.9 Å². The lowest BCUT2D eigenvalue weighted by atomic mass is 9.72. The molecule has 7 atom stereocenters. The van der Waals surface area contributed by atoms with Gasteiger partial charge in [-0.25, -0.2) is 9.18 Å². The van der Waals surface area contributed by atoms with Crippen LogP contribution < -0.4 is 24.8 Å². The zero-order valence-corrected chi connectivity index (χ0v) is 25.0. The van der Waals surface area contributed by atoms with Crippen molar-refractivity contribution in [1.29, 1.82) is 5.26 Å². The molecule has 44 heavy (non-hydrogen) atoms. The van der Waals surface area contributed by atoms with Crippen molar-refractivity contribution in [3.05, 3.63) is 39.4 Å². The predicted octanol–water partition coefficient (Wildman–Crippen LogP) is 2.12. The smallest absolute Gasteiger partial charge is 0.329 e. The van der Waals surface area contributed by atoms with Gasteiger partial charge in [0.15, 0.2) is 29.7 Å². The second-order valence-electron chi connectivity index (χ2n) is 11.6. The van der Waals surface area contributed by atoms with Gasteiger partial charge in [-0.1, -0.05) is 6.07 Å². The Morgan fingerprint density at radius 2 is 2.00 bits per heavy atom. The minimum absolute atomic E-state index is 0.00222. The number of amides is 1. The van der Waals surface area contributed by atoms with Gasteiger partial charge < -0.3 is 39.8 Å². The van der Waals surface area contributed by atoms with Crippen molar-refractivity contribution in [2.24, 2.45) is 0 Å². The molecule has 5 aliphatic heterocycles. The van der Waals surface area contributed by atoms with E-state index in [2.05, 4.69) is 16.7 Å². The first kappa shape index (κ1) is 28.8. The van der Waals surface area contributed by atoms with Gasteiger partial charge in [0.1, 0.15) is 24.4 Å². The van der Waals surface area contributed by atoms with Crippen LogP contribution in [-0.4, -0.2) is 84.1 Å². The summed E-state index contributed by atoms with van der Waals surface area (Å²) in [6.45, 7) is 1.98. The number of alkyl halides is 1. The number of phenols is 2. The Morgan fingerprint density at radius 3 is 2.73 bits per heavy atom. The maximum atomic E-state index is 13.2. The van der Waals surface area contributed by atoms with E-state index < -0.39 is 54.0 Å². The Balaban J connectivity index is 1.47. The second kappa shape index (κ2) is 10.6. The number of halogens is 1. The molecular weight excluding hydrogens is 595 g/mol. The molecule has 2 aromatic carbocycles. The van der Waals surface area contributed by atoms with Crippen LogP contribution >= 0.6 is 11.8 Å². The van der Waals surface area contributed by atoms with E-state index in [1.165, 1.54) is 18.9 Å². The molecule has 4 N–H and O–H groups in total. The highest BCUT2D eigenvalue weighted by atomic mass is 32.2. The summed E-state index contributed by atoms with van der Waals surface area (Å²) in [5.74, 6) is -0.555. The number of methoxy groups -OCH3 is 1. The molecule has 5 heterocycles. The van der Waals surface area contributed by atoms with Crippen molar-refractivity contribution >= 4 is 23.6 Å². The number of hydrogen-bond acceptors (Lipinski definition) is 12. The molecule has 0 saturated carbocycles. The van der Waals surface area contributed by atoms with Gasteiger partial charge in [-0.2, -0.15) is 5.26 Å². The number of esters is 1. The molecule has 1 amide bonds. The first-order valence-electron chi connectivity index (χ1n) is 14.3. The topological polar surface area (TPSA) is 163 Å². The van der Waals surface area contributed by atoms with E-state index in [1.54, 1.807) is 6.92 Å². The molecule has 0 aliphatic carbocycles. The van der Waals surface area contributed by atoms with Crippen LogP contribution in [0.5, 0.6) is 28.7 Å². The number of ether oxygens (including phenoxy) is 4. The monoisotopic (exact) mass is 626 g/mol. The highest BCUT2D eigenvalue weighted by Crippen LogP contribution is 2.62. The third kappa shape index (κ3) is 4.02. The van der Waals surface area contributed by atoms with Crippen molar-refractivity contribution in [2.45, 2.75) is 61.8 Å². The van der Waals surface area contributed by atoms with Gasteiger partial charge in [0.25, 0.3) is 5.91 Å². The number of benzene rings is 2. The zero-order valence-electron chi connectivity index (χ0n) is 24.2. The molecule has 232 valence electrons. The minimum atomic E-state index is -1.29. The molecule has 14 heteroatoms. The van der Waals surface area contributed by atoms with Crippen LogP contribution in [0.15, 0.2) is 6.07 Å². The molecule has 5 aliphatic rings. The number of thioether (sulfide) groups is 1. The highest BCUT2D eigenvalue weighted by Gasteiger charge is 2.58. The number of piperazine rings is 1. The minimum Gasteiger partial charge on any atom is -0.507 e. The summed E-state index contributed by atoms with van der Waals surface area (Å²) in [7, 11) is 1.49. The molecule has 12 nitrogen and oxygen atoms in total. The average Bonchev–Trinajstić information content (AvgIpc) is 3.50. The summed E-state index contributed by atoms with van der Waals surface area (Å²) < 4.78 is 36.2. The summed E-state index contributed by atoms with van der Waals surface area (Å²) in [5, 5.41) is 39.4. The number of fused-ring (bicyclic) bond motifs is 9. The second-order valence-corrected chi connectivity index (χ2v) is 12.8. The Morgan fingerprint density at radius 1 is 1.23 bits per heavy atom. The van der Waals surface area contributed by atoms with E-state index in [4.69, 9.17) is 18.9 Å². The maximum absolute atomic E-state index is 13.2. The number of hydrogen-bond donors (Lipinski definition) is 4. The van der Waals surface area contributed by atoms with Crippen molar-refractivity contribution in [1.82, 2.24) is 15.5 Å². The summed E-state index contributed by atoms with van der Waals surface area (Å²) in [6.07, 6.45) is 0.455. The maximum Gasteiger partial charge on any atom is 0.329 e. The third-order valence-electron chi connectivity index (χ3n) is 9.39. The first-order chi connectivity index (χ1) is 21.2. The fraction of sp³-hybridized carbons (Fsp3) is 0.500. The lowest BCUT2D eigenvalue weighted by Gasteiger charge is -2.58. The Bertz CT molecular complexity index is 1630. The number of aryl methyl sites for hydroxylation is 1. The number of cyclic esters (lactones) is 1. The molecule has 0 spiro atoms. The Kier molecular flexibility index (Phi) is 6.95. The van der Waals surface area contributed by atoms with E-state index >= 15 is 0 Å². The largest absolute Gasteiger partial charge is 0.507 e. The van der Waals surface area contributed by atoms with Crippen molar-refractivity contribution < 1.29 is 43.1 Å². The van der Waals surface area contributed by atoms with Gasteiger partial charge >= 0.3 is 5.97 Å². The van der Waals surface area contributed by atoms with Gasteiger partial charge in [-0.3, -0.25) is 9.69 Å². The molecule has 2 saturated heterocycles. The van der Waals surface area contributed by atoms with Crippen LogP contribution in [0.4, 0.5) is 4.39 Å². The first-order valence-corrected chi connectivity index (χ1v) is 15.4. The van der Waals surface area contributed by atoms with Crippen LogP contribution in [-0.2, 0) is 20.7 Å². The van der Waals surface area contributed by atoms with E-state index in [-0.39, 0.29) is 36.7 Å². The van der Waals surface area contributed by atoms with Gasteiger partial charge in [-0.05, 0) is 31.4 Å². The highest BCUT2D eigenvalue weighted by molar-refractivity contribution is 7.99. The number of carbonyl (C=O) groups is 2. The number of nitrogens with one attached hydrogen (secondary N) is 2. The van der Waals surface area contributed by atoms with Crippen LogP contribution in [0, 0.1) is 25.2 Å². The third-order valence-corrected chi connectivity index (χ3v) is 10.8. The van der Waals surface area contributed by atoms with E-state index in [1.807, 2.05) is 17.9 Å². The summed E-state index contributed by atoms with van der Waals surface area (Å²) in [4.78, 5) is 27.3. The van der Waals surface area contributed by atoms with Gasteiger partial charge in [-0.15, -0.1) is 11.8 Å². The van der Waals surface area contributed by atoms with Crippen molar-refractivity contribution in [3.63, 3.8) is 0 Å². The van der Waals surface area contributed by atoms with Crippen molar-refractivity contribution in [3.8, 4) is 34.8 Å². The summed E-state index contributed by atoms with van der Waals surface area (Å²) >= 11 is 1.27. The number of carbonyl (C=O) groups excluding carboxylic acids is 2. The standard InChI is InChI=1S/C30H31FN4O8S/c1-11-4-13-5-14-16(7-32)35-17-8-41-30(39)15(33-18(36)6-31)9-44-29(23(35)22(34-14)19(13)25(38)26(11)40-3)21-20(17)28-27(42-10-43-28)12(2)24(21)37/h4,14-17,22-23,29,34,37-38H,5-6,8-10H2,1-3H3,(H,33,36)/t14?,15?,16-,17-,22?,23+,29+/m0/s1. The molecule has 3 unspecified atom stereocenters. The fourth-order valence-electron chi connectivity index (χ4n) is 7.65. The molecule has 2 fully saturated rings. The molecule has 0 radical (unpaired) electrons. The van der Waals surface area contributed by atoms with Gasteiger partial charge in [0.05, 0.1) is 30.5 Å². The fourth-order valence-corrected chi connectivity index (χ4v) is 9.16. The summed E-state index contributed by atoms with van der Waals surface area (Å²) in [5.41, 5.74) is 3.88. The lowest BCUT2D eigenvalue weighted by molar-refractivity contribution is -0.151. The number of phenolic OH excluding ortho intramolecular Hbond substituents is 2. The van der Waals surface area contributed by atoms with Crippen LogP contribution in [0.25, 0.3) is 0 Å². The number of nitriles is 1. The van der Waals surface area contributed by atoms with E-state index in [0.717, 1.165) is 11.1 Å². The van der Waals surface area contributed by atoms with Crippen LogP contribution in [0.3, 0.4) is 0 Å². The van der Waals surface area contributed by atoms with Crippen LogP contribution in [0.2, 0.25) is 0 Å². The van der Waals surface area contributed by atoms with Crippen molar-refractivity contribution in [2.75, 3.05) is 32.9 Å². The Hall–Kier alpha value is -3.93. The number of nitrogens with zero attached hydrogens (tertiary/aromatic N) is 2. The van der Waals surface area contributed by atoms with Crippen LogP contribution in [0.1, 0.15) is 50.7 Å². The molecule has 7 rings (SSSR count). The quantitative estimate of drug-likeness (QED) is 0.368. The molecule has 0 aromatic heterocycles. The van der Waals surface area contributed by atoms with E-state index in [9.17, 15) is 29.5 Å². The SMILES string of the molecule is COc1c(C)cc2c(c1O)C1NC(C2)[C@H](C#N)N2[C@H]1[C@@H]1SCC(NC(=O)CF)C(=O)OC[C@H]2c2c3c(c(C)c(O)c21)OCO3. The van der Waals surface area contributed by atoms with Gasteiger partial charge in [0.2, 0.25) is 6.79 Å². The summed E-state index contributed by atoms with van der Waals surface area (Å²) in [6, 6.07) is 0.416. The molecule has 2 aromatic rings. The molecule has 4 bridgehead atoms. The predicted molar refractivity (Wildman–Crippen MR) is 154 cm³/mol. The number of aromatic hydroxyl groups is 2. The number of rotatable bonds is 3. The molecular formula is C30H31FN4O8S. The lowest BCUT2D eigenvalue weighted by Crippen LogP contribution is -2.69. The zero-order chi connectivity index (χ0) is 31.0. The average molecular weight is 627 g/mol. The normalized spacial score (nSPS) is 29.9. The Labute approximate surface area is 256 Å². The van der Waals surface area contributed by atoms with Gasteiger partial charge in [0, 0.05) is 40.1 Å².